The smallest absolute Gasteiger partial charge is 0.413 e. The van der Waals surface area contributed by atoms with Gasteiger partial charge in [0.2, 0.25) is 0 Å². The summed E-state index contributed by atoms with van der Waals surface area (Å²) in [6.45, 7) is 5.41. The summed E-state index contributed by atoms with van der Waals surface area (Å²) in [6, 6.07) is 14.8. The van der Waals surface area contributed by atoms with Crippen LogP contribution in [-0.4, -0.2) is 31.9 Å². The first kappa shape index (κ1) is 24.5. The molecule has 0 saturated carbocycles. The molecular weight excluding hydrogens is 488 g/mol. The summed E-state index contributed by atoms with van der Waals surface area (Å²) in [4.78, 5) is 20.7. The second-order valence-electron chi connectivity index (χ2n) is 8.37. The Kier molecular flexibility index (Phi) is 7.52. The van der Waals surface area contributed by atoms with Gasteiger partial charge < -0.3 is 14.5 Å². The van der Waals surface area contributed by atoms with E-state index in [1.165, 1.54) is 11.8 Å². The molecule has 4 aromatic rings. The van der Waals surface area contributed by atoms with Crippen molar-refractivity contribution in [1.29, 1.82) is 0 Å². The van der Waals surface area contributed by atoms with Crippen molar-refractivity contribution in [3.63, 3.8) is 0 Å². The number of nitrogens with one attached hydrogen (secondary N) is 2. The minimum absolute atomic E-state index is 0.258. The van der Waals surface area contributed by atoms with Crippen molar-refractivity contribution in [3.05, 3.63) is 71.5 Å². The highest BCUT2D eigenvalue weighted by Gasteiger charge is 2.17. The topological polar surface area (TPSA) is 115 Å². The Morgan fingerprint density at radius 2 is 1.89 bits per heavy atom. The number of nitrogens with zero attached hydrogens (tertiary/aromatic N) is 4. The number of benzene rings is 1. The highest BCUT2D eigenvalue weighted by atomic mass is 35.5. The second-order valence-corrected chi connectivity index (χ2v) is 9.77. The van der Waals surface area contributed by atoms with E-state index >= 15 is 0 Å². The molecule has 0 spiro atoms. The lowest BCUT2D eigenvalue weighted by atomic mass is 10.2. The van der Waals surface area contributed by atoms with Crippen LogP contribution in [0.1, 0.15) is 26.3 Å². The molecule has 9 nitrogen and oxygen atoms in total. The van der Waals surface area contributed by atoms with Crippen molar-refractivity contribution in [2.75, 3.05) is 10.6 Å². The Hall–Kier alpha value is -3.63. The standard InChI is InChI=1S/C24H23ClN6O3S/c1-24(2,3)34-23(32)29-19-13-15(10-12-26-19)14-35-21-18(5-4-11-27-21)20-30-31-22(33-20)28-17-8-6-16(25)7-9-17/h4-13H,14H2,1-3H3,(H,28,31)(H,26,29,32). The molecule has 0 unspecified atom stereocenters. The molecule has 0 saturated heterocycles. The van der Waals surface area contributed by atoms with Gasteiger partial charge in [-0.25, -0.2) is 14.8 Å². The zero-order valence-corrected chi connectivity index (χ0v) is 20.9. The van der Waals surface area contributed by atoms with E-state index in [-0.39, 0.29) is 6.01 Å². The molecule has 0 aliphatic carbocycles. The number of aromatic nitrogens is 4. The zero-order valence-electron chi connectivity index (χ0n) is 19.3. The number of anilines is 3. The number of carbonyl (C=O) groups excluding carboxylic acids is 1. The van der Waals surface area contributed by atoms with Gasteiger partial charge in [-0.2, -0.15) is 0 Å². The number of thioether (sulfide) groups is 1. The lowest BCUT2D eigenvalue weighted by Gasteiger charge is -2.19. The summed E-state index contributed by atoms with van der Waals surface area (Å²) >= 11 is 7.43. The maximum atomic E-state index is 12.0. The number of amides is 1. The summed E-state index contributed by atoms with van der Waals surface area (Å²) in [7, 11) is 0. The van der Waals surface area contributed by atoms with E-state index in [4.69, 9.17) is 20.8 Å². The number of hydrogen-bond acceptors (Lipinski definition) is 9. The van der Waals surface area contributed by atoms with Gasteiger partial charge in [0.1, 0.15) is 16.4 Å². The summed E-state index contributed by atoms with van der Waals surface area (Å²) < 4.78 is 11.1. The number of ether oxygens (including phenoxy) is 1. The maximum Gasteiger partial charge on any atom is 0.413 e. The van der Waals surface area contributed by atoms with E-state index < -0.39 is 11.7 Å². The molecule has 1 aromatic carbocycles. The molecule has 0 aliphatic heterocycles. The van der Waals surface area contributed by atoms with E-state index in [0.717, 1.165) is 21.8 Å². The molecule has 1 amide bonds. The van der Waals surface area contributed by atoms with Gasteiger partial charge >= 0.3 is 12.1 Å². The van der Waals surface area contributed by atoms with Crippen LogP contribution in [0.2, 0.25) is 5.02 Å². The Morgan fingerprint density at radius 1 is 1.09 bits per heavy atom. The minimum atomic E-state index is -0.591. The molecule has 0 radical (unpaired) electrons. The average Bonchev–Trinajstić information content (AvgIpc) is 3.27. The van der Waals surface area contributed by atoms with Crippen LogP contribution < -0.4 is 10.6 Å². The van der Waals surface area contributed by atoms with Gasteiger partial charge in [-0.1, -0.05) is 16.7 Å². The van der Waals surface area contributed by atoms with E-state index in [1.807, 2.05) is 30.3 Å². The largest absolute Gasteiger partial charge is 0.444 e. The Bertz CT molecular complexity index is 1310. The third kappa shape index (κ3) is 7.17. The van der Waals surface area contributed by atoms with Crippen LogP contribution in [0.4, 0.5) is 22.3 Å². The maximum absolute atomic E-state index is 12.0. The monoisotopic (exact) mass is 510 g/mol. The molecule has 0 fully saturated rings. The quantitative estimate of drug-likeness (QED) is 0.266. The molecule has 35 heavy (non-hydrogen) atoms. The fourth-order valence-electron chi connectivity index (χ4n) is 2.90. The van der Waals surface area contributed by atoms with E-state index in [9.17, 15) is 4.79 Å². The zero-order chi connectivity index (χ0) is 24.8. The van der Waals surface area contributed by atoms with Gasteiger partial charge in [0.25, 0.3) is 5.89 Å². The van der Waals surface area contributed by atoms with Crippen molar-refractivity contribution >= 4 is 47.0 Å². The van der Waals surface area contributed by atoms with Gasteiger partial charge in [0, 0.05) is 28.9 Å². The highest BCUT2D eigenvalue weighted by molar-refractivity contribution is 7.98. The van der Waals surface area contributed by atoms with E-state index in [2.05, 4.69) is 30.8 Å². The van der Waals surface area contributed by atoms with Gasteiger partial charge in [-0.15, -0.1) is 16.9 Å². The van der Waals surface area contributed by atoms with Crippen LogP contribution in [-0.2, 0) is 10.5 Å². The highest BCUT2D eigenvalue weighted by Crippen LogP contribution is 2.32. The van der Waals surface area contributed by atoms with Crippen molar-refractivity contribution in [2.24, 2.45) is 0 Å². The number of rotatable bonds is 7. The first-order valence-electron chi connectivity index (χ1n) is 10.6. The summed E-state index contributed by atoms with van der Waals surface area (Å²) in [5.74, 6) is 1.34. The number of halogens is 1. The molecule has 0 bridgehead atoms. The molecular formula is C24H23ClN6O3S. The van der Waals surface area contributed by atoms with Crippen molar-refractivity contribution in [2.45, 2.75) is 37.2 Å². The van der Waals surface area contributed by atoms with Crippen LogP contribution >= 0.6 is 23.4 Å². The average molecular weight is 511 g/mol. The summed E-state index contributed by atoms with van der Waals surface area (Å²) in [5, 5.41) is 15.3. The Morgan fingerprint density at radius 3 is 2.66 bits per heavy atom. The van der Waals surface area contributed by atoms with Crippen LogP contribution in [0.3, 0.4) is 0 Å². The predicted molar refractivity (Wildman–Crippen MR) is 136 cm³/mol. The van der Waals surface area contributed by atoms with Gasteiger partial charge in [-0.3, -0.25) is 5.32 Å². The van der Waals surface area contributed by atoms with Crippen molar-refractivity contribution in [1.82, 2.24) is 20.2 Å². The lowest BCUT2D eigenvalue weighted by molar-refractivity contribution is 0.0635. The second kappa shape index (κ2) is 10.7. The Balaban J connectivity index is 1.43. The molecule has 11 heteroatoms. The Labute approximate surface area is 211 Å². The lowest BCUT2D eigenvalue weighted by Crippen LogP contribution is -2.27. The fraction of sp³-hybridized carbons (Fsp3) is 0.208. The first-order valence-corrected chi connectivity index (χ1v) is 12.0. The molecule has 3 aromatic heterocycles. The van der Waals surface area contributed by atoms with Crippen LogP contribution in [0.5, 0.6) is 0 Å². The molecule has 180 valence electrons. The van der Waals surface area contributed by atoms with Crippen LogP contribution in [0.25, 0.3) is 11.5 Å². The third-order valence-electron chi connectivity index (χ3n) is 4.35. The molecule has 0 aliphatic rings. The normalized spacial score (nSPS) is 11.2. The molecule has 4 rings (SSSR count). The SMILES string of the molecule is CC(C)(C)OC(=O)Nc1cc(CSc2ncccc2-c2nnc(Nc3ccc(Cl)cc3)o2)ccn1. The van der Waals surface area contributed by atoms with Crippen molar-refractivity contribution in [3.8, 4) is 11.5 Å². The minimum Gasteiger partial charge on any atom is -0.444 e. The van der Waals surface area contributed by atoms with E-state index in [0.29, 0.717) is 22.5 Å². The van der Waals surface area contributed by atoms with Crippen LogP contribution in [0.15, 0.2) is 70.4 Å². The van der Waals surface area contributed by atoms with Gasteiger partial charge in [0.15, 0.2) is 0 Å². The summed E-state index contributed by atoms with van der Waals surface area (Å²) in [6.07, 6.45) is 2.78. The summed E-state index contributed by atoms with van der Waals surface area (Å²) in [5.41, 5.74) is 1.85. The first-order chi connectivity index (χ1) is 16.7. The molecule has 2 N–H and O–H groups in total. The fourth-order valence-corrected chi connectivity index (χ4v) is 3.96. The van der Waals surface area contributed by atoms with Gasteiger partial charge in [-0.05, 0) is 74.9 Å². The van der Waals surface area contributed by atoms with Crippen LogP contribution in [0, 0.1) is 0 Å². The van der Waals surface area contributed by atoms with E-state index in [1.54, 1.807) is 51.4 Å². The molecule has 0 atom stereocenters. The number of hydrogen-bond donors (Lipinski definition) is 2. The predicted octanol–water partition coefficient (Wildman–Crippen LogP) is 6.56. The van der Waals surface area contributed by atoms with Crippen molar-refractivity contribution < 1.29 is 13.9 Å². The number of carbonyl (C=O) groups is 1. The number of pyridine rings is 2. The van der Waals surface area contributed by atoms with Gasteiger partial charge in [0.05, 0.1) is 5.56 Å². The third-order valence-corrected chi connectivity index (χ3v) is 5.68. The molecule has 3 heterocycles.